The van der Waals surface area contributed by atoms with Crippen LogP contribution in [0.4, 0.5) is 5.69 Å². The number of fused-ring (bicyclic) bond motifs is 1. The van der Waals surface area contributed by atoms with Crippen molar-refractivity contribution in [3.63, 3.8) is 0 Å². The van der Waals surface area contributed by atoms with Crippen LogP contribution in [-0.4, -0.2) is 42.0 Å². The Hall–Kier alpha value is -3.94. The Morgan fingerprint density at radius 1 is 1.03 bits per heavy atom. The molecule has 1 heterocycles. The zero-order valence-corrected chi connectivity index (χ0v) is 16.7. The van der Waals surface area contributed by atoms with Gasteiger partial charge in [-0.15, -0.1) is 0 Å². The van der Waals surface area contributed by atoms with E-state index in [1.54, 1.807) is 31.2 Å². The number of aromatic nitrogens is 1. The van der Waals surface area contributed by atoms with Crippen LogP contribution < -0.4 is 14.8 Å². The first-order chi connectivity index (χ1) is 14.4. The van der Waals surface area contributed by atoms with Gasteiger partial charge in [0.25, 0.3) is 0 Å². The van der Waals surface area contributed by atoms with Gasteiger partial charge in [-0.2, -0.15) is 0 Å². The maximum atomic E-state index is 13.2. The van der Waals surface area contributed by atoms with Crippen molar-refractivity contribution in [2.75, 3.05) is 19.5 Å². The third kappa shape index (κ3) is 3.93. The van der Waals surface area contributed by atoms with Crippen LogP contribution in [0.15, 0.2) is 42.6 Å². The summed E-state index contributed by atoms with van der Waals surface area (Å²) in [6.07, 6.45) is 1.45. The summed E-state index contributed by atoms with van der Waals surface area (Å²) in [6, 6.07) is 9.52. The number of rotatable bonds is 7. The fourth-order valence-electron chi connectivity index (χ4n) is 3.04. The molecular formula is C22H20N2O6. The molecule has 8 heteroatoms. The summed E-state index contributed by atoms with van der Waals surface area (Å²) in [7, 11) is 2.88. The number of anilines is 1. The number of methoxy groups -OCH3 is 2. The van der Waals surface area contributed by atoms with Crippen LogP contribution in [0, 0.1) is 0 Å². The van der Waals surface area contributed by atoms with Gasteiger partial charge in [0, 0.05) is 34.6 Å². The number of ketones is 1. The molecule has 2 aromatic carbocycles. The van der Waals surface area contributed by atoms with Crippen LogP contribution in [0.1, 0.15) is 39.8 Å². The lowest BCUT2D eigenvalue weighted by Crippen LogP contribution is -2.11. The molecule has 3 aromatic rings. The minimum absolute atomic E-state index is 0.0635. The molecule has 0 fully saturated rings. The number of pyridine rings is 1. The second-order valence-electron chi connectivity index (χ2n) is 6.39. The number of carbonyl (C=O) groups is 3. The first kappa shape index (κ1) is 20.8. The lowest BCUT2D eigenvalue weighted by Gasteiger charge is -2.13. The Morgan fingerprint density at radius 3 is 2.30 bits per heavy atom. The van der Waals surface area contributed by atoms with Crippen molar-refractivity contribution in [3.05, 3.63) is 59.4 Å². The number of hydrogen-bond acceptors (Lipinski definition) is 6. The predicted molar refractivity (Wildman–Crippen MR) is 111 cm³/mol. The number of carboxylic acids is 1. The minimum Gasteiger partial charge on any atom is -0.493 e. The Labute approximate surface area is 172 Å². The summed E-state index contributed by atoms with van der Waals surface area (Å²) in [5.41, 5.74) is 0.787. The normalized spacial score (nSPS) is 10.5. The van der Waals surface area contributed by atoms with E-state index < -0.39 is 11.8 Å². The number of ether oxygens (including phenoxy) is 2. The molecule has 2 N–H and O–H groups in total. The second kappa shape index (κ2) is 8.60. The van der Waals surface area contributed by atoms with Gasteiger partial charge in [-0.3, -0.25) is 14.6 Å². The molecule has 0 aliphatic carbocycles. The summed E-state index contributed by atoms with van der Waals surface area (Å²) >= 11 is 0. The Morgan fingerprint density at radius 2 is 1.70 bits per heavy atom. The first-order valence-corrected chi connectivity index (χ1v) is 9.12. The van der Waals surface area contributed by atoms with Gasteiger partial charge in [0.2, 0.25) is 11.7 Å². The molecule has 1 aromatic heterocycles. The molecule has 154 valence electrons. The van der Waals surface area contributed by atoms with Crippen molar-refractivity contribution in [1.29, 1.82) is 0 Å². The maximum absolute atomic E-state index is 13.2. The van der Waals surface area contributed by atoms with Crippen LogP contribution in [0.3, 0.4) is 0 Å². The van der Waals surface area contributed by atoms with Gasteiger partial charge in [0.1, 0.15) is 5.69 Å². The highest BCUT2D eigenvalue weighted by Crippen LogP contribution is 2.35. The monoisotopic (exact) mass is 408 g/mol. The zero-order valence-electron chi connectivity index (χ0n) is 16.7. The van der Waals surface area contributed by atoms with Crippen molar-refractivity contribution in [1.82, 2.24) is 4.98 Å². The SMILES string of the molecule is CCC(=O)Nc1cccc(C(=O)c2ncc(C(=O)O)c3cc(OC)c(OC)cc23)c1. The van der Waals surface area contributed by atoms with Crippen LogP contribution in [0.2, 0.25) is 0 Å². The number of nitrogens with one attached hydrogen (secondary N) is 1. The summed E-state index contributed by atoms with van der Waals surface area (Å²) in [5, 5.41) is 12.9. The molecule has 1 amide bonds. The molecule has 0 spiro atoms. The van der Waals surface area contributed by atoms with Crippen LogP contribution >= 0.6 is 0 Å². The number of aromatic carboxylic acids is 1. The quantitative estimate of drug-likeness (QED) is 0.575. The number of hydrogen-bond donors (Lipinski definition) is 2. The van der Waals surface area contributed by atoms with E-state index in [9.17, 15) is 19.5 Å². The highest BCUT2D eigenvalue weighted by atomic mass is 16.5. The van der Waals surface area contributed by atoms with E-state index in [0.29, 0.717) is 39.9 Å². The third-order valence-electron chi connectivity index (χ3n) is 4.57. The molecule has 0 atom stereocenters. The van der Waals surface area contributed by atoms with Crippen molar-refractivity contribution >= 4 is 34.1 Å². The Bertz CT molecular complexity index is 1160. The molecule has 30 heavy (non-hydrogen) atoms. The average Bonchev–Trinajstić information content (AvgIpc) is 2.76. The molecule has 0 saturated heterocycles. The smallest absolute Gasteiger partial charge is 0.337 e. The fourth-order valence-corrected chi connectivity index (χ4v) is 3.04. The number of nitrogens with zero attached hydrogens (tertiary/aromatic N) is 1. The molecule has 0 radical (unpaired) electrons. The average molecular weight is 408 g/mol. The minimum atomic E-state index is -1.18. The topological polar surface area (TPSA) is 115 Å². The lowest BCUT2D eigenvalue weighted by molar-refractivity contribution is -0.115. The predicted octanol–water partition coefficient (Wildman–Crippen LogP) is 3.53. The standard InChI is InChI=1S/C22H20N2O6/c1-4-19(25)24-13-7-5-6-12(8-13)21(26)20-15-10-18(30-3)17(29-2)9-14(15)16(11-23-20)22(27)28/h5-11H,4H2,1-3H3,(H,24,25)(H,27,28). The zero-order chi connectivity index (χ0) is 21.8. The lowest BCUT2D eigenvalue weighted by atomic mass is 9.98. The van der Waals surface area contributed by atoms with Crippen molar-refractivity contribution in [2.24, 2.45) is 0 Å². The van der Waals surface area contributed by atoms with E-state index in [1.807, 2.05) is 0 Å². The van der Waals surface area contributed by atoms with Gasteiger partial charge in [-0.05, 0) is 24.3 Å². The molecule has 0 bridgehead atoms. The molecule has 0 aliphatic rings. The number of amides is 1. The third-order valence-corrected chi connectivity index (χ3v) is 4.57. The van der Waals surface area contributed by atoms with E-state index in [0.717, 1.165) is 6.20 Å². The summed E-state index contributed by atoms with van der Waals surface area (Å²) < 4.78 is 10.6. The Kier molecular flexibility index (Phi) is 5.96. The molecular weight excluding hydrogens is 388 g/mol. The highest BCUT2D eigenvalue weighted by Gasteiger charge is 2.21. The Balaban J connectivity index is 2.17. The summed E-state index contributed by atoms with van der Waals surface area (Å²) in [6.45, 7) is 1.73. The van der Waals surface area contributed by atoms with Crippen molar-refractivity contribution < 1.29 is 29.0 Å². The van der Waals surface area contributed by atoms with E-state index >= 15 is 0 Å². The molecule has 0 saturated carbocycles. The van der Waals surface area contributed by atoms with Gasteiger partial charge in [0.05, 0.1) is 19.8 Å². The van der Waals surface area contributed by atoms with Gasteiger partial charge in [0.15, 0.2) is 11.5 Å². The van der Waals surface area contributed by atoms with Crippen molar-refractivity contribution in [3.8, 4) is 11.5 Å². The number of carbonyl (C=O) groups excluding carboxylic acids is 2. The summed E-state index contributed by atoms with van der Waals surface area (Å²) in [4.78, 5) is 40.6. The highest BCUT2D eigenvalue weighted by molar-refractivity contribution is 6.18. The van der Waals surface area contributed by atoms with Crippen molar-refractivity contribution in [2.45, 2.75) is 13.3 Å². The second-order valence-corrected chi connectivity index (χ2v) is 6.39. The maximum Gasteiger partial charge on any atom is 0.337 e. The molecule has 8 nitrogen and oxygen atoms in total. The molecule has 0 aliphatic heterocycles. The first-order valence-electron chi connectivity index (χ1n) is 9.12. The summed E-state index contributed by atoms with van der Waals surface area (Å²) in [5.74, 6) is -1.10. The largest absolute Gasteiger partial charge is 0.493 e. The van der Waals surface area contributed by atoms with E-state index in [1.165, 1.54) is 26.4 Å². The van der Waals surface area contributed by atoms with E-state index in [4.69, 9.17) is 9.47 Å². The fraction of sp³-hybridized carbons (Fsp3) is 0.182. The van der Waals surface area contributed by atoms with E-state index in [-0.39, 0.29) is 17.2 Å². The van der Waals surface area contributed by atoms with E-state index in [2.05, 4.69) is 10.3 Å². The van der Waals surface area contributed by atoms with Gasteiger partial charge in [-0.25, -0.2) is 4.79 Å². The van der Waals surface area contributed by atoms with Gasteiger partial charge in [-0.1, -0.05) is 19.1 Å². The molecule has 3 rings (SSSR count). The van der Waals surface area contributed by atoms with Crippen LogP contribution in [0.5, 0.6) is 11.5 Å². The van der Waals surface area contributed by atoms with Crippen LogP contribution in [0.25, 0.3) is 10.8 Å². The van der Waals surface area contributed by atoms with Gasteiger partial charge < -0.3 is 19.9 Å². The van der Waals surface area contributed by atoms with Gasteiger partial charge >= 0.3 is 5.97 Å². The number of benzene rings is 2. The molecule has 0 unspecified atom stereocenters. The number of carboxylic acid groups (broad SMARTS) is 1. The van der Waals surface area contributed by atoms with Crippen LogP contribution in [-0.2, 0) is 4.79 Å².